The summed E-state index contributed by atoms with van der Waals surface area (Å²) in [6, 6.07) is 8.28. The number of nitrogens with one attached hydrogen (secondary N) is 1. The highest BCUT2D eigenvalue weighted by Crippen LogP contribution is 2.34. The highest BCUT2D eigenvalue weighted by molar-refractivity contribution is 5.26. The van der Waals surface area contributed by atoms with E-state index in [-0.39, 0.29) is 0 Å². The molecule has 88 valence electrons. The molecule has 0 saturated heterocycles. The van der Waals surface area contributed by atoms with E-state index in [1.165, 1.54) is 24.8 Å². The number of aryl methyl sites for hydroxylation is 1. The van der Waals surface area contributed by atoms with E-state index in [1.807, 2.05) is 12.1 Å². The third-order valence-electron chi connectivity index (χ3n) is 3.34. The van der Waals surface area contributed by atoms with Crippen LogP contribution in [0.2, 0.25) is 0 Å². The monoisotopic (exact) mass is 219 g/mol. The quantitative estimate of drug-likeness (QED) is 0.771. The van der Waals surface area contributed by atoms with Gasteiger partial charge in [-0.25, -0.2) is 0 Å². The standard InChI is InChI=1S/C14H21NO/c1-2-15-14(12-6-7-12)10-5-11-3-8-13(16)9-4-11/h3-4,8-9,12,14-16H,2,5-7,10H2,1H3. The highest BCUT2D eigenvalue weighted by Gasteiger charge is 2.29. The number of benzene rings is 1. The summed E-state index contributed by atoms with van der Waals surface area (Å²) in [5.41, 5.74) is 1.32. The van der Waals surface area contributed by atoms with Gasteiger partial charge in [0.15, 0.2) is 0 Å². The second-order valence-electron chi connectivity index (χ2n) is 4.71. The Bertz CT molecular complexity index is 316. The van der Waals surface area contributed by atoms with Crippen LogP contribution in [0.5, 0.6) is 5.75 Å². The average molecular weight is 219 g/mol. The first kappa shape index (κ1) is 11.5. The average Bonchev–Trinajstić information content (AvgIpc) is 3.10. The molecule has 0 aromatic heterocycles. The van der Waals surface area contributed by atoms with Crippen molar-refractivity contribution in [1.29, 1.82) is 0 Å². The van der Waals surface area contributed by atoms with Gasteiger partial charge in [0, 0.05) is 6.04 Å². The van der Waals surface area contributed by atoms with Gasteiger partial charge in [0.2, 0.25) is 0 Å². The van der Waals surface area contributed by atoms with E-state index in [1.54, 1.807) is 12.1 Å². The van der Waals surface area contributed by atoms with Gasteiger partial charge in [-0.05, 0) is 55.8 Å². The lowest BCUT2D eigenvalue weighted by atomic mass is 10.0. The molecule has 1 unspecified atom stereocenters. The van der Waals surface area contributed by atoms with Crippen molar-refractivity contribution < 1.29 is 5.11 Å². The molecule has 1 aliphatic carbocycles. The van der Waals surface area contributed by atoms with E-state index >= 15 is 0 Å². The van der Waals surface area contributed by atoms with Crippen LogP contribution in [-0.2, 0) is 6.42 Å². The van der Waals surface area contributed by atoms with Crippen LogP contribution in [0.15, 0.2) is 24.3 Å². The van der Waals surface area contributed by atoms with Gasteiger partial charge in [0.05, 0.1) is 0 Å². The molecule has 0 heterocycles. The summed E-state index contributed by atoms with van der Waals surface area (Å²) >= 11 is 0. The van der Waals surface area contributed by atoms with Crippen molar-refractivity contribution in [3.63, 3.8) is 0 Å². The number of hydrogen-bond donors (Lipinski definition) is 2. The SMILES string of the molecule is CCNC(CCc1ccc(O)cc1)C1CC1. The van der Waals surface area contributed by atoms with Gasteiger partial charge in [-0.1, -0.05) is 19.1 Å². The Balaban J connectivity index is 1.82. The molecule has 1 atom stereocenters. The van der Waals surface area contributed by atoms with Gasteiger partial charge in [0.25, 0.3) is 0 Å². The van der Waals surface area contributed by atoms with Crippen LogP contribution in [0.4, 0.5) is 0 Å². The first-order valence-corrected chi connectivity index (χ1v) is 6.31. The molecule has 0 spiro atoms. The molecule has 1 aromatic carbocycles. The first-order valence-electron chi connectivity index (χ1n) is 6.31. The Kier molecular flexibility index (Phi) is 3.83. The Hall–Kier alpha value is -1.02. The zero-order chi connectivity index (χ0) is 11.4. The fraction of sp³-hybridized carbons (Fsp3) is 0.571. The zero-order valence-electron chi connectivity index (χ0n) is 9.95. The molecule has 1 aliphatic rings. The van der Waals surface area contributed by atoms with Crippen LogP contribution in [0.1, 0.15) is 31.7 Å². The Labute approximate surface area is 97.7 Å². The summed E-state index contributed by atoms with van der Waals surface area (Å²) in [6.07, 6.45) is 5.11. The van der Waals surface area contributed by atoms with Crippen molar-refractivity contribution in [2.75, 3.05) is 6.54 Å². The predicted octanol–water partition coefficient (Wildman–Crippen LogP) is 2.71. The zero-order valence-corrected chi connectivity index (χ0v) is 9.95. The fourth-order valence-electron chi connectivity index (χ4n) is 2.25. The molecule has 0 amide bonds. The molecule has 0 radical (unpaired) electrons. The number of aromatic hydroxyl groups is 1. The van der Waals surface area contributed by atoms with E-state index < -0.39 is 0 Å². The number of phenolic OH excluding ortho intramolecular Hbond substituents is 1. The maximum atomic E-state index is 9.20. The van der Waals surface area contributed by atoms with E-state index in [2.05, 4.69) is 12.2 Å². The van der Waals surface area contributed by atoms with Crippen LogP contribution in [0.3, 0.4) is 0 Å². The van der Waals surface area contributed by atoms with Crippen LogP contribution >= 0.6 is 0 Å². The van der Waals surface area contributed by atoms with Crippen molar-refractivity contribution in [2.45, 2.75) is 38.6 Å². The molecule has 0 aliphatic heterocycles. The number of hydrogen-bond acceptors (Lipinski definition) is 2. The van der Waals surface area contributed by atoms with Gasteiger partial charge >= 0.3 is 0 Å². The van der Waals surface area contributed by atoms with Gasteiger partial charge in [-0.3, -0.25) is 0 Å². The van der Waals surface area contributed by atoms with Crippen LogP contribution in [-0.4, -0.2) is 17.7 Å². The van der Waals surface area contributed by atoms with E-state index in [0.29, 0.717) is 11.8 Å². The first-order chi connectivity index (χ1) is 7.79. The molecule has 1 saturated carbocycles. The maximum absolute atomic E-state index is 9.20. The van der Waals surface area contributed by atoms with Crippen LogP contribution < -0.4 is 5.32 Å². The van der Waals surface area contributed by atoms with Crippen molar-refractivity contribution in [3.05, 3.63) is 29.8 Å². The summed E-state index contributed by atoms with van der Waals surface area (Å²) in [5.74, 6) is 1.27. The summed E-state index contributed by atoms with van der Waals surface area (Å²) in [6.45, 7) is 3.24. The molecule has 2 nitrogen and oxygen atoms in total. The molecule has 2 rings (SSSR count). The third-order valence-corrected chi connectivity index (χ3v) is 3.34. The second kappa shape index (κ2) is 5.35. The topological polar surface area (TPSA) is 32.3 Å². The largest absolute Gasteiger partial charge is 0.508 e. The van der Waals surface area contributed by atoms with Crippen LogP contribution in [0, 0.1) is 5.92 Å². The van der Waals surface area contributed by atoms with Gasteiger partial charge in [-0.2, -0.15) is 0 Å². The molecule has 1 fully saturated rings. The minimum absolute atomic E-state index is 0.356. The van der Waals surface area contributed by atoms with E-state index in [9.17, 15) is 5.11 Å². The number of rotatable bonds is 6. The van der Waals surface area contributed by atoms with Crippen LogP contribution in [0.25, 0.3) is 0 Å². The van der Waals surface area contributed by atoms with Gasteiger partial charge in [0.1, 0.15) is 5.75 Å². The van der Waals surface area contributed by atoms with Gasteiger partial charge < -0.3 is 10.4 Å². The lowest BCUT2D eigenvalue weighted by Gasteiger charge is -2.16. The minimum Gasteiger partial charge on any atom is -0.508 e. The highest BCUT2D eigenvalue weighted by atomic mass is 16.3. The summed E-state index contributed by atoms with van der Waals surface area (Å²) in [4.78, 5) is 0. The predicted molar refractivity (Wildman–Crippen MR) is 66.6 cm³/mol. The van der Waals surface area contributed by atoms with E-state index in [4.69, 9.17) is 0 Å². The Morgan fingerprint density at radius 3 is 2.56 bits per heavy atom. The molecule has 2 N–H and O–H groups in total. The maximum Gasteiger partial charge on any atom is 0.115 e. The van der Waals surface area contributed by atoms with Crippen molar-refractivity contribution in [2.24, 2.45) is 5.92 Å². The summed E-state index contributed by atoms with van der Waals surface area (Å²) in [5, 5.41) is 12.8. The molecule has 2 heteroatoms. The third kappa shape index (κ3) is 3.24. The lowest BCUT2D eigenvalue weighted by molar-refractivity contribution is 0.446. The molecular formula is C14H21NO. The van der Waals surface area contributed by atoms with E-state index in [0.717, 1.165) is 18.9 Å². The normalized spacial score (nSPS) is 17.3. The fourth-order valence-corrected chi connectivity index (χ4v) is 2.25. The van der Waals surface area contributed by atoms with Crippen molar-refractivity contribution in [1.82, 2.24) is 5.32 Å². The Morgan fingerprint density at radius 1 is 1.31 bits per heavy atom. The van der Waals surface area contributed by atoms with Gasteiger partial charge in [-0.15, -0.1) is 0 Å². The smallest absolute Gasteiger partial charge is 0.115 e. The number of phenols is 1. The molecular weight excluding hydrogens is 198 g/mol. The summed E-state index contributed by atoms with van der Waals surface area (Å²) in [7, 11) is 0. The molecule has 1 aromatic rings. The van der Waals surface area contributed by atoms with Crippen molar-refractivity contribution in [3.8, 4) is 5.75 Å². The minimum atomic E-state index is 0.356. The molecule has 0 bridgehead atoms. The van der Waals surface area contributed by atoms with Crippen molar-refractivity contribution >= 4 is 0 Å². The molecule has 16 heavy (non-hydrogen) atoms. The second-order valence-corrected chi connectivity index (χ2v) is 4.71. The summed E-state index contributed by atoms with van der Waals surface area (Å²) < 4.78 is 0. The Morgan fingerprint density at radius 2 is 2.00 bits per heavy atom. The lowest BCUT2D eigenvalue weighted by Crippen LogP contribution is -2.31.